The Morgan fingerprint density at radius 1 is 1.36 bits per heavy atom. The van der Waals surface area contributed by atoms with Crippen molar-refractivity contribution in [1.82, 2.24) is 0 Å². The van der Waals surface area contributed by atoms with Gasteiger partial charge in [-0.15, -0.1) is 0 Å². The van der Waals surface area contributed by atoms with E-state index in [9.17, 15) is 0 Å². The Labute approximate surface area is 86.3 Å². The predicted molar refractivity (Wildman–Crippen MR) is 60.2 cm³/mol. The highest BCUT2D eigenvalue weighted by atomic mass is 14.9. The van der Waals surface area contributed by atoms with Crippen LogP contribution in [0, 0.1) is 5.92 Å². The average Bonchev–Trinajstić information content (AvgIpc) is 2.77. The van der Waals surface area contributed by atoms with E-state index < -0.39 is 0 Å². The molecule has 0 bridgehead atoms. The molecule has 0 amide bonds. The van der Waals surface area contributed by atoms with E-state index in [2.05, 4.69) is 44.2 Å². The molecular weight excluding hydrogens is 170 g/mol. The second-order valence-corrected chi connectivity index (χ2v) is 5.00. The molecule has 2 atom stereocenters. The fraction of sp³-hybridized carbons (Fsp3) is 0.538. The smallest absolute Gasteiger partial charge is 0.0233 e. The third-order valence-corrected chi connectivity index (χ3v) is 3.11. The lowest BCUT2D eigenvalue weighted by atomic mass is 9.98. The average molecular weight is 189 g/mol. The van der Waals surface area contributed by atoms with Crippen molar-refractivity contribution in [2.75, 3.05) is 0 Å². The Bertz CT molecular complexity index is 304. The van der Waals surface area contributed by atoms with Crippen molar-refractivity contribution in [1.29, 1.82) is 0 Å². The summed E-state index contributed by atoms with van der Waals surface area (Å²) >= 11 is 0. The van der Waals surface area contributed by atoms with E-state index in [0.717, 1.165) is 12.8 Å². The summed E-state index contributed by atoms with van der Waals surface area (Å²) in [6.45, 7) is 4.49. The largest absolute Gasteiger partial charge is 0.325 e. The summed E-state index contributed by atoms with van der Waals surface area (Å²) < 4.78 is 0. The molecule has 2 rings (SSSR count). The van der Waals surface area contributed by atoms with Crippen molar-refractivity contribution in [3.63, 3.8) is 0 Å². The molecule has 1 fully saturated rings. The highest BCUT2D eigenvalue weighted by molar-refractivity contribution is 5.32. The maximum atomic E-state index is 6.32. The first kappa shape index (κ1) is 9.72. The molecule has 0 spiro atoms. The lowest BCUT2D eigenvalue weighted by Gasteiger charge is -2.14. The Kier molecular flexibility index (Phi) is 2.36. The minimum atomic E-state index is 0.0928. The molecule has 1 aromatic rings. The zero-order valence-corrected chi connectivity index (χ0v) is 9.03. The number of rotatable bonds is 3. The molecular formula is C13H19N. The molecule has 0 heterocycles. The van der Waals surface area contributed by atoms with Crippen LogP contribution in [-0.2, 0) is 0 Å². The van der Waals surface area contributed by atoms with Crippen LogP contribution in [0.15, 0.2) is 30.3 Å². The number of benzene rings is 1. The second-order valence-electron chi connectivity index (χ2n) is 5.00. The van der Waals surface area contributed by atoms with Gasteiger partial charge in [-0.25, -0.2) is 0 Å². The third-order valence-electron chi connectivity index (χ3n) is 3.11. The first-order chi connectivity index (χ1) is 6.62. The first-order valence-corrected chi connectivity index (χ1v) is 5.46. The topological polar surface area (TPSA) is 26.0 Å². The van der Waals surface area contributed by atoms with E-state index in [4.69, 9.17) is 5.73 Å². The molecule has 1 aromatic carbocycles. The van der Waals surface area contributed by atoms with Crippen molar-refractivity contribution >= 4 is 0 Å². The maximum absolute atomic E-state index is 6.32. The lowest BCUT2D eigenvalue weighted by Crippen LogP contribution is -2.26. The van der Waals surface area contributed by atoms with Gasteiger partial charge >= 0.3 is 0 Å². The second kappa shape index (κ2) is 3.39. The van der Waals surface area contributed by atoms with Crippen molar-refractivity contribution < 1.29 is 0 Å². The Morgan fingerprint density at radius 2 is 2.00 bits per heavy atom. The molecule has 1 nitrogen and oxygen atoms in total. The molecule has 1 aliphatic rings. The van der Waals surface area contributed by atoms with Crippen LogP contribution >= 0.6 is 0 Å². The van der Waals surface area contributed by atoms with Crippen molar-refractivity contribution in [3.05, 3.63) is 35.9 Å². The van der Waals surface area contributed by atoms with Gasteiger partial charge in [0.15, 0.2) is 0 Å². The predicted octanol–water partition coefficient (Wildman–Crippen LogP) is 2.92. The van der Waals surface area contributed by atoms with Gasteiger partial charge in [0.25, 0.3) is 0 Å². The van der Waals surface area contributed by atoms with Gasteiger partial charge in [-0.05, 0) is 24.3 Å². The molecule has 0 saturated heterocycles. The molecule has 1 heteroatoms. The van der Waals surface area contributed by atoms with Gasteiger partial charge in [-0.1, -0.05) is 44.2 Å². The molecule has 14 heavy (non-hydrogen) atoms. The van der Waals surface area contributed by atoms with Gasteiger partial charge in [0, 0.05) is 11.5 Å². The summed E-state index contributed by atoms with van der Waals surface area (Å²) in [6, 6.07) is 10.7. The highest BCUT2D eigenvalue weighted by Gasteiger charge is 2.51. The van der Waals surface area contributed by atoms with Crippen molar-refractivity contribution in [3.8, 4) is 0 Å². The zero-order valence-electron chi connectivity index (χ0n) is 9.03. The normalized spacial score (nSPS) is 30.7. The van der Waals surface area contributed by atoms with Gasteiger partial charge in [-0.3, -0.25) is 0 Å². The van der Waals surface area contributed by atoms with Crippen LogP contribution in [0.5, 0.6) is 0 Å². The molecule has 0 aliphatic heterocycles. The van der Waals surface area contributed by atoms with E-state index in [1.165, 1.54) is 5.56 Å². The summed E-state index contributed by atoms with van der Waals surface area (Å²) in [5.74, 6) is 1.31. The molecule has 1 aliphatic carbocycles. The van der Waals surface area contributed by atoms with E-state index in [0.29, 0.717) is 11.8 Å². The van der Waals surface area contributed by atoms with Crippen molar-refractivity contribution in [2.24, 2.45) is 11.7 Å². The summed E-state index contributed by atoms with van der Waals surface area (Å²) in [5.41, 5.74) is 7.83. The van der Waals surface area contributed by atoms with Crippen molar-refractivity contribution in [2.45, 2.75) is 38.1 Å². The van der Waals surface area contributed by atoms with E-state index in [1.807, 2.05) is 0 Å². The molecule has 76 valence electrons. The fourth-order valence-corrected chi connectivity index (χ4v) is 2.44. The molecule has 0 aromatic heterocycles. The van der Waals surface area contributed by atoms with E-state index in [1.54, 1.807) is 0 Å². The van der Waals surface area contributed by atoms with Gasteiger partial charge in [0.1, 0.15) is 0 Å². The molecule has 2 N–H and O–H groups in total. The fourth-order valence-electron chi connectivity index (χ4n) is 2.44. The highest BCUT2D eigenvalue weighted by Crippen LogP contribution is 2.52. The quantitative estimate of drug-likeness (QED) is 0.777. The third kappa shape index (κ3) is 1.83. The Morgan fingerprint density at radius 3 is 2.57 bits per heavy atom. The number of nitrogens with two attached hydrogens (primary N) is 1. The summed E-state index contributed by atoms with van der Waals surface area (Å²) in [7, 11) is 0. The lowest BCUT2D eigenvalue weighted by molar-refractivity contribution is 0.474. The minimum Gasteiger partial charge on any atom is -0.325 e. The van der Waals surface area contributed by atoms with E-state index in [-0.39, 0.29) is 5.54 Å². The summed E-state index contributed by atoms with van der Waals surface area (Å²) in [4.78, 5) is 0. The van der Waals surface area contributed by atoms with Crippen LogP contribution < -0.4 is 5.73 Å². The molecule has 1 saturated carbocycles. The van der Waals surface area contributed by atoms with Crippen LogP contribution in [0.1, 0.15) is 38.2 Å². The SMILES string of the molecule is CC(C)CC1(N)CC1c1ccccc1. The first-order valence-electron chi connectivity index (χ1n) is 5.46. The van der Waals surface area contributed by atoms with Crippen LogP contribution in [-0.4, -0.2) is 5.54 Å². The summed E-state index contributed by atoms with van der Waals surface area (Å²) in [6.07, 6.45) is 2.31. The number of hydrogen-bond acceptors (Lipinski definition) is 1. The van der Waals surface area contributed by atoms with Crippen LogP contribution in [0.2, 0.25) is 0 Å². The Hall–Kier alpha value is -0.820. The molecule has 2 unspecified atom stereocenters. The van der Waals surface area contributed by atoms with Gasteiger partial charge in [0.2, 0.25) is 0 Å². The number of hydrogen-bond donors (Lipinski definition) is 1. The maximum Gasteiger partial charge on any atom is 0.0233 e. The molecule has 0 radical (unpaired) electrons. The van der Waals surface area contributed by atoms with Crippen LogP contribution in [0.4, 0.5) is 0 Å². The Balaban J connectivity index is 2.05. The zero-order chi connectivity index (χ0) is 10.2. The van der Waals surface area contributed by atoms with E-state index >= 15 is 0 Å². The minimum absolute atomic E-state index is 0.0928. The van der Waals surface area contributed by atoms with Gasteiger partial charge in [0.05, 0.1) is 0 Å². The standard InChI is InChI=1S/C13H19N/c1-10(2)8-13(14)9-12(13)11-6-4-3-5-7-11/h3-7,10,12H,8-9,14H2,1-2H3. The monoisotopic (exact) mass is 189 g/mol. The van der Waals surface area contributed by atoms with Gasteiger partial charge in [-0.2, -0.15) is 0 Å². The summed E-state index contributed by atoms with van der Waals surface area (Å²) in [5, 5.41) is 0. The van der Waals surface area contributed by atoms with Gasteiger partial charge < -0.3 is 5.73 Å². The van der Waals surface area contributed by atoms with Crippen LogP contribution in [0.25, 0.3) is 0 Å². The van der Waals surface area contributed by atoms with Crippen LogP contribution in [0.3, 0.4) is 0 Å².